The lowest BCUT2D eigenvalue weighted by molar-refractivity contribution is -0.00258. The molecule has 1 aliphatic rings. The van der Waals surface area contributed by atoms with E-state index in [9.17, 15) is 4.79 Å². The standard InChI is InChI=1S/C21H19N5O2/c27-21(26-8-9-28-13-19(26)14-4-2-1-3-5-14)17-12-22-20-16(17)6-7-18(25-20)15-10-23-24-11-15/h1-7,10-12,19H,8-9,13H2,(H,22,25)(H,23,24). The first-order valence-corrected chi connectivity index (χ1v) is 9.22. The number of morpholine rings is 1. The van der Waals surface area contributed by atoms with Gasteiger partial charge in [-0.05, 0) is 17.7 Å². The minimum absolute atomic E-state index is 0.0127. The molecule has 0 aliphatic carbocycles. The quantitative estimate of drug-likeness (QED) is 0.577. The zero-order valence-corrected chi connectivity index (χ0v) is 15.1. The van der Waals surface area contributed by atoms with E-state index in [1.165, 1.54) is 0 Å². The van der Waals surface area contributed by atoms with E-state index in [1.54, 1.807) is 18.6 Å². The Labute approximate surface area is 161 Å². The number of nitrogens with one attached hydrogen (secondary N) is 2. The van der Waals surface area contributed by atoms with E-state index in [0.29, 0.717) is 31.0 Å². The van der Waals surface area contributed by atoms with Crippen LogP contribution in [-0.4, -0.2) is 50.7 Å². The summed E-state index contributed by atoms with van der Waals surface area (Å²) in [5.41, 5.74) is 4.10. The molecule has 5 rings (SSSR count). The highest BCUT2D eigenvalue weighted by Gasteiger charge is 2.30. The van der Waals surface area contributed by atoms with Crippen molar-refractivity contribution in [2.45, 2.75) is 6.04 Å². The van der Waals surface area contributed by atoms with Crippen LogP contribution in [-0.2, 0) is 4.74 Å². The predicted molar refractivity (Wildman–Crippen MR) is 105 cm³/mol. The van der Waals surface area contributed by atoms with E-state index in [-0.39, 0.29) is 11.9 Å². The monoisotopic (exact) mass is 373 g/mol. The molecule has 0 saturated carbocycles. The lowest BCUT2D eigenvalue weighted by Crippen LogP contribution is -2.43. The van der Waals surface area contributed by atoms with Crippen LogP contribution in [0.2, 0.25) is 0 Å². The fourth-order valence-corrected chi connectivity index (χ4v) is 3.69. The van der Waals surface area contributed by atoms with Gasteiger partial charge in [-0.25, -0.2) is 4.98 Å². The predicted octanol–water partition coefficient (Wildman–Crippen LogP) is 3.17. The Balaban J connectivity index is 1.49. The van der Waals surface area contributed by atoms with Crippen LogP contribution in [0.1, 0.15) is 22.0 Å². The van der Waals surface area contributed by atoms with Gasteiger partial charge in [0.15, 0.2) is 0 Å². The summed E-state index contributed by atoms with van der Waals surface area (Å²) in [5.74, 6) is -0.0127. The minimum Gasteiger partial charge on any atom is -0.377 e. The van der Waals surface area contributed by atoms with Crippen LogP contribution >= 0.6 is 0 Å². The molecule has 4 heterocycles. The Morgan fingerprint density at radius 1 is 1.14 bits per heavy atom. The van der Waals surface area contributed by atoms with Gasteiger partial charge in [0, 0.05) is 29.9 Å². The number of nitrogens with zero attached hydrogens (tertiary/aromatic N) is 3. The molecule has 0 bridgehead atoms. The number of H-pyrrole nitrogens is 2. The molecule has 7 heteroatoms. The zero-order valence-electron chi connectivity index (χ0n) is 15.1. The molecule has 0 radical (unpaired) electrons. The van der Waals surface area contributed by atoms with Gasteiger partial charge in [0.25, 0.3) is 5.91 Å². The molecule has 1 aromatic carbocycles. The highest BCUT2D eigenvalue weighted by Crippen LogP contribution is 2.29. The average molecular weight is 373 g/mol. The Kier molecular flexibility index (Phi) is 4.14. The van der Waals surface area contributed by atoms with Crippen molar-refractivity contribution < 1.29 is 9.53 Å². The van der Waals surface area contributed by atoms with E-state index >= 15 is 0 Å². The van der Waals surface area contributed by atoms with Crippen molar-refractivity contribution in [1.29, 1.82) is 0 Å². The second-order valence-corrected chi connectivity index (χ2v) is 6.78. The number of rotatable bonds is 3. The first kappa shape index (κ1) is 16.7. The van der Waals surface area contributed by atoms with Gasteiger partial charge in [-0.15, -0.1) is 0 Å². The molecule has 140 valence electrons. The molecule has 1 saturated heterocycles. The Morgan fingerprint density at radius 3 is 2.86 bits per heavy atom. The number of carbonyl (C=O) groups is 1. The molecule has 2 N–H and O–H groups in total. The van der Waals surface area contributed by atoms with Crippen molar-refractivity contribution in [2.24, 2.45) is 0 Å². The normalized spacial score (nSPS) is 17.1. The summed E-state index contributed by atoms with van der Waals surface area (Å²) in [6.45, 7) is 1.60. The molecule has 1 amide bonds. The molecule has 1 unspecified atom stereocenters. The number of aromatic nitrogens is 4. The van der Waals surface area contributed by atoms with Crippen molar-refractivity contribution in [1.82, 2.24) is 25.1 Å². The molecule has 4 aromatic rings. The number of amides is 1. The van der Waals surface area contributed by atoms with Crippen molar-refractivity contribution in [3.05, 3.63) is 72.2 Å². The SMILES string of the molecule is O=C(c1c[nH]c2nc(-c3cn[nH]c3)ccc12)N1CCOCC1c1ccccc1. The molecule has 28 heavy (non-hydrogen) atoms. The third-order valence-corrected chi connectivity index (χ3v) is 5.14. The molecular formula is C21H19N5O2. The Bertz CT molecular complexity index is 1100. The minimum atomic E-state index is -0.0921. The van der Waals surface area contributed by atoms with Gasteiger partial charge in [-0.1, -0.05) is 30.3 Å². The summed E-state index contributed by atoms with van der Waals surface area (Å²) in [5, 5.41) is 7.57. The second kappa shape index (κ2) is 6.94. The smallest absolute Gasteiger partial charge is 0.256 e. The number of pyridine rings is 1. The Morgan fingerprint density at radius 2 is 2.04 bits per heavy atom. The molecule has 0 spiro atoms. The summed E-state index contributed by atoms with van der Waals surface area (Å²) in [4.78, 5) is 23.1. The fourth-order valence-electron chi connectivity index (χ4n) is 3.69. The maximum absolute atomic E-state index is 13.4. The van der Waals surface area contributed by atoms with Gasteiger partial charge in [-0.3, -0.25) is 9.89 Å². The lowest BCUT2D eigenvalue weighted by Gasteiger charge is -2.35. The molecule has 1 fully saturated rings. The van der Waals surface area contributed by atoms with Crippen LogP contribution < -0.4 is 0 Å². The van der Waals surface area contributed by atoms with Crippen molar-refractivity contribution >= 4 is 16.9 Å². The molecular weight excluding hydrogens is 354 g/mol. The van der Waals surface area contributed by atoms with Crippen LogP contribution in [0, 0.1) is 0 Å². The summed E-state index contributed by atoms with van der Waals surface area (Å²) >= 11 is 0. The molecule has 1 atom stereocenters. The van der Waals surface area contributed by atoms with Gasteiger partial charge in [0.05, 0.1) is 36.7 Å². The van der Waals surface area contributed by atoms with Crippen LogP contribution in [0.25, 0.3) is 22.3 Å². The topological polar surface area (TPSA) is 86.9 Å². The summed E-state index contributed by atoms with van der Waals surface area (Å²) in [6, 6.07) is 13.8. The van der Waals surface area contributed by atoms with E-state index < -0.39 is 0 Å². The maximum atomic E-state index is 13.4. The van der Waals surface area contributed by atoms with Crippen molar-refractivity contribution in [3.63, 3.8) is 0 Å². The van der Waals surface area contributed by atoms with E-state index in [1.807, 2.05) is 47.4 Å². The van der Waals surface area contributed by atoms with Gasteiger partial charge < -0.3 is 14.6 Å². The number of aromatic amines is 2. The molecule has 7 nitrogen and oxygen atoms in total. The third kappa shape index (κ3) is 2.86. The van der Waals surface area contributed by atoms with Crippen LogP contribution in [0.5, 0.6) is 0 Å². The number of hydrogen-bond acceptors (Lipinski definition) is 4. The fraction of sp³-hybridized carbons (Fsp3) is 0.190. The Hall–Kier alpha value is -3.45. The number of carbonyl (C=O) groups excluding carboxylic acids is 1. The summed E-state index contributed by atoms with van der Waals surface area (Å²) in [6.07, 6.45) is 5.26. The van der Waals surface area contributed by atoms with Crippen LogP contribution in [0.3, 0.4) is 0 Å². The van der Waals surface area contributed by atoms with Crippen molar-refractivity contribution in [2.75, 3.05) is 19.8 Å². The van der Waals surface area contributed by atoms with E-state index in [2.05, 4.69) is 20.2 Å². The van der Waals surface area contributed by atoms with Crippen LogP contribution in [0.15, 0.2) is 61.1 Å². The van der Waals surface area contributed by atoms with Gasteiger partial charge in [0.2, 0.25) is 0 Å². The van der Waals surface area contributed by atoms with Crippen LogP contribution in [0.4, 0.5) is 0 Å². The molecule has 3 aromatic heterocycles. The second-order valence-electron chi connectivity index (χ2n) is 6.78. The van der Waals surface area contributed by atoms with E-state index in [4.69, 9.17) is 4.74 Å². The zero-order chi connectivity index (χ0) is 18.9. The van der Waals surface area contributed by atoms with Gasteiger partial charge >= 0.3 is 0 Å². The van der Waals surface area contributed by atoms with Gasteiger partial charge in [-0.2, -0.15) is 5.10 Å². The highest BCUT2D eigenvalue weighted by molar-refractivity contribution is 6.06. The maximum Gasteiger partial charge on any atom is 0.256 e. The summed E-state index contributed by atoms with van der Waals surface area (Å²) < 4.78 is 5.66. The number of hydrogen-bond donors (Lipinski definition) is 2. The first-order valence-electron chi connectivity index (χ1n) is 9.22. The lowest BCUT2D eigenvalue weighted by atomic mass is 10.0. The summed E-state index contributed by atoms with van der Waals surface area (Å²) in [7, 11) is 0. The largest absolute Gasteiger partial charge is 0.377 e. The number of ether oxygens (including phenoxy) is 1. The van der Waals surface area contributed by atoms with E-state index in [0.717, 1.165) is 22.2 Å². The number of fused-ring (bicyclic) bond motifs is 1. The third-order valence-electron chi connectivity index (χ3n) is 5.14. The average Bonchev–Trinajstić information content (AvgIpc) is 3.43. The molecule has 1 aliphatic heterocycles. The highest BCUT2D eigenvalue weighted by atomic mass is 16.5. The van der Waals surface area contributed by atoms with Crippen molar-refractivity contribution in [3.8, 4) is 11.3 Å². The van der Waals surface area contributed by atoms with Gasteiger partial charge in [0.1, 0.15) is 5.65 Å². The first-order chi connectivity index (χ1) is 13.8. The number of benzene rings is 1.